The summed E-state index contributed by atoms with van der Waals surface area (Å²) in [5.74, 6) is -0.528. The van der Waals surface area contributed by atoms with Crippen molar-refractivity contribution in [2.24, 2.45) is 0 Å². The first-order valence-electron chi connectivity index (χ1n) is 5.82. The molecule has 0 aliphatic rings. The number of carbonyl (C=O) groups is 1. The van der Waals surface area contributed by atoms with Crippen molar-refractivity contribution in [2.45, 2.75) is 6.92 Å². The van der Waals surface area contributed by atoms with Crippen LogP contribution in [0.3, 0.4) is 0 Å². The molecule has 1 amide bonds. The average molecular weight is 287 g/mol. The number of nitrogens with zero attached hydrogens (tertiary/aromatic N) is 1. The van der Waals surface area contributed by atoms with Gasteiger partial charge in [0.2, 0.25) is 0 Å². The van der Waals surface area contributed by atoms with E-state index >= 15 is 0 Å². The lowest BCUT2D eigenvalue weighted by Crippen LogP contribution is -2.12. The van der Waals surface area contributed by atoms with Gasteiger partial charge in [-0.1, -0.05) is 23.2 Å². The fraction of sp³-hybridized carbons (Fsp3) is 0.0667. The van der Waals surface area contributed by atoms with Gasteiger partial charge in [-0.05, 0) is 37.3 Å². The molecule has 0 bridgehead atoms. The van der Waals surface area contributed by atoms with Crippen LogP contribution in [0.1, 0.15) is 21.5 Å². The Morgan fingerprint density at radius 3 is 2.70 bits per heavy atom. The van der Waals surface area contributed by atoms with Gasteiger partial charge < -0.3 is 10.4 Å². The van der Waals surface area contributed by atoms with E-state index in [-0.39, 0.29) is 16.3 Å². The number of anilines is 1. The van der Waals surface area contributed by atoms with Crippen LogP contribution in [-0.2, 0) is 0 Å². The van der Waals surface area contributed by atoms with Crippen LogP contribution >= 0.6 is 11.6 Å². The molecule has 5 heteroatoms. The summed E-state index contributed by atoms with van der Waals surface area (Å²) in [6.07, 6.45) is 0. The topological polar surface area (TPSA) is 73.1 Å². The van der Waals surface area contributed by atoms with Crippen LogP contribution in [0.25, 0.3) is 0 Å². The number of nitrogens with one attached hydrogen (secondary N) is 1. The van der Waals surface area contributed by atoms with Crippen LogP contribution in [0.5, 0.6) is 5.75 Å². The Morgan fingerprint density at radius 2 is 2.05 bits per heavy atom. The quantitative estimate of drug-likeness (QED) is 0.887. The number of hydrogen-bond acceptors (Lipinski definition) is 3. The number of benzene rings is 2. The predicted octanol–water partition coefficient (Wildman–Crippen LogP) is 3.48. The first-order valence-corrected chi connectivity index (χ1v) is 6.19. The first kappa shape index (κ1) is 13.9. The van der Waals surface area contributed by atoms with Crippen LogP contribution in [0.2, 0.25) is 5.02 Å². The second-order valence-corrected chi connectivity index (χ2v) is 4.69. The van der Waals surface area contributed by atoms with E-state index in [0.29, 0.717) is 11.3 Å². The molecule has 2 aromatic rings. The summed E-state index contributed by atoms with van der Waals surface area (Å²) in [7, 11) is 0. The average Bonchev–Trinajstić information content (AvgIpc) is 2.41. The number of halogens is 1. The highest BCUT2D eigenvalue weighted by Crippen LogP contribution is 2.23. The molecule has 0 spiro atoms. The van der Waals surface area contributed by atoms with Crippen molar-refractivity contribution in [3.63, 3.8) is 0 Å². The molecular formula is C15H11ClN2O2. The molecule has 2 aromatic carbocycles. The molecule has 0 aliphatic heterocycles. The maximum absolute atomic E-state index is 12.1. The van der Waals surface area contributed by atoms with Gasteiger partial charge in [0.1, 0.15) is 11.8 Å². The smallest absolute Gasteiger partial charge is 0.259 e. The molecular weight excluding hydrogens is 276 g/mol. The molecule has 0 radical (unpaired) electrons. The zero-order valence-corrected chi connectivity index (χ0v) is 11.4. The molecule has 0 heterocycles. The predicted molar refractivity (Wildman–Crippen MR) is 77.0 cm³/mol. The maximum atomic E-state index is 12.1. The van der Waals surface area contributed by atoms with Crippen molar-refractivity contribution in [3.8, 4) is 11.8 Å². The Labute approximate surface area is 121 Å². The third-order valence-corrected chi connectivity index (χ3v) is 3.06. The number of hydrogen-bond donors (Lipinski definition) is 2. The Bertz CT molecular complexity index is 720. The highest BCUT2D eigenvalue weighted by Gasteiger charge is 2.12. The minimum atomic E-state index is -0.438. The van der Waals surface area contributed by atoms with Gasteiger partial charge >= 0.3 is 0 Å². The highest BCUT2D eigenvalue weighted by molar-refractivity contribution is 6.32. The largest absolute Gasteiger partial charge is 0.507 e. The highest BCUT2D eigenvalue weighted by atomic mass is 35.5. The minimum Gasteiger partial charge on any atom is -0.507 e. The van der Waals surface area contributed by atoms with Crippen LogP contribution in [-0.4, -0.2) is 11.0 Å². The van der Waals surface area contributed by atoms with Gasteiger partial charge in [0.25, 0.3) is 5.91 Å². The number of amides is 1. The van der Waals surface area contributed by atoms with Crippen molar-refractivity contribution >= 4 is 23.2 Å². The number of phenolic OH excluding ortho intramolecular Hbond substituents is 1. The number of carbonyl (C=O) groups excluding carboxylic acids is 1. The second-order valence-electron chi connectivity index (χ2n) is 4.28. The fourth-order valence-electron chi connectivity index (χ4n) is 1.71. The molecule has 2 rings (SSSR count). The fourth-order valence-corrected chi connectivity index (χ4v) is 1.94. The van der Waals surface area contributed by atoms with E-state index in [1.165, 1.54) is 18.2 Å². The normalized spacial score (nSPS) is 9.85. The maximum Gasteiger partial charge on any atom is 0.259 e. The Kier molecular flexibility index (Phi) is 3.92. The summed E-state index contributed by atoms with van der Waals surface area (Å²) in [4.78, 5) is 12.1. The Balaban J connectivity index is 2.26. The van der Waals surface area contributed by atoms with Gasteiger partial charge in [-0.3, -0.25) is 4.79 Å². The van der Waals surface area contributed by atoms with E-state index in [4.69, 9.17) is 16.9 Å². The molecule has 0 saturated heterocycles. The van der Waals surface area contributed by atoms with E-state index in [1.54, 1.807) is 18.2 Å². The number of phenols is 1. The van der Waals surface area contributed by atoms with Crippen LogP contribution in [0.4, 0.5) is 5.69 Å². The number of aryl methyl sites for hydroxylation is 1. The summed E-state index contributed by atoms with van der Waals surface area (Å²) in [6, 6.07) is 11.3. The summed E-state index contributed by atoms with van der Waals surface area (Å²) in [5.41, 5.74) is 1.85. The number of nitriles is 1. The summed E-state index contributed by atoms with van der Waals surface area (Å²) in [5, 5.41) is 21.4. The molecule has 4 nitrogen and oxygen atoms in total. The minimum absolute atomic E-state index is 0.0900. The zero-order chi connectivity index (χ0) is 14.7. The third kappa shape index (κ3) is 2.90. The zero-order valence-electron chi connectivity index (χ0n) is 10.6. The monoisotopic (exact) mass is 286 g/mol. The van der Waals surface area contributed by atoms with Crippen molar-refractivity contribution in [2.75, 3.05) is 5.32 Å². The van der Waals surface area contributed by atoms with Gasteiger partial charge in [-0.2, -0.15) is 5.26 Å². The van der Waals surface area contributed by atoms with Crippen molar-refractivity contribution in [1.29, 1.82) is 5.26 Å². The second kappa shape index (κ2) is 5.64. The third-order valence-electron chi connectivity index (χ3n) is 2.74. The molecule has 0 atom stereocenters. The van der Waals surface area contributed by atoms with Gasteiger partial charge in [0, 0.05) is 5.69 Å². The Hall–Kier alpha value is -2.51. The standard InChI is InChI=1S/C15H11ClN2O2/c1-9-2-5-14(19)12(6-9)15(20)18-11-4-3-10(8-17)13(16)7-11/h2-7,19H,1H3,(H,18,20). The van der Waals surface area contributed by atoms with E-state index in [0.717, 1.165) is 5.56 Å². The van der Waals surface area contributed by atoms with Crippen molar-refractivity contribution in [1.82, 2.24) is 0 Å². The molecule has 0 saturated carbocycles. The summed E-state index contributed by atoms with van der Waals surface area (Å²) >= 11 is 5.89. The molecule has 100 valence electrons. The van der Waals surface area contributed by atoms with Crippen LogP contribution < -0.4 is 5.32 Å². The molecule has 20 heavy (non-hydrogen) atoms. The van der Waals surface area contributed by atoms with Crippen LogP contribution in [0.15, 0.2) is 36.4 Å². The molecule has 2 N–H and O–H groups in total. The molecule has 0 fully saturated rings. The van der Waals surface area contributed by atoms with E-state index in [1.807, 2.05) is 13.0 Å². The summed E-state index contributed by atoms with van der Waals surface area (Å²) in [6.45, 7) is 1.83. The van der Waals surface area contributed by atoms with Crippen molar-refractivity contribution in [3.05, 3.63) is 58.1 Å². The van der Waals surface area contributed by atoms with E-state index in [2.05, 4.69) is 5.32 Å². The lowest BCUT2D eigenvalue weighted by molar-refractivity contribution is 0.102. The first-order chi connectivity index (χ1) is 9.51. The SMILES string of the molecule is Cc1ccc(O)c(C(=O)Nc2ccc(C#N)c(Cl)c2)c1. The molecule has 0 unspecified atom stereocenters. The van der Waals surface area contributed by atoms with Crippen molar-refractivity contribution < 1.29 is 9.90 Å². The number of aromatic hydroxyl groups is 1. The van der Waals surface area contributed by atoms with Gasteiger partial charge in [-0.15, -0.1) is 0 Å². The molecule has 0 aliphatic carbocycles. The molecule has 0 aromatic heterocycles. The van der Waals surface area contributed by atoms with Gasteiger partial charge in [0.05, 0.1) is 16.1 Å². The van der Waals surface area contributed by atoms with E-state index in [9.17, 15) is 9.90 Å². The van der Waals surface area contributed by atoms with Crippen LogP contribution in [0, 0.1) is 18.3 Å². The lowest BCUT2D eigenvalue weighted by Gasteiger charge is -2.08. The van der Waals surface area contributed by atoms with Gasteiger partial charge in [-0.25, -0.2) is 0 Å². The Morgan fingerprint density at radius 1 is 1.30 bits per heavy atom. The number of rotatable bonds is 2. The van der Waals surface area contributed by atoms with Gasteiger partial charge in [0.15, 0.2) is 0 Å². The van der Waals surface area contributed by atoms with E-state index < -0.39 is 5.91 Å². The lowest BCUT2D eigenvalue weighted by atomic mass is 10.1. The summed E-state index contributed by atoms with van der Waals surface area (Å²) < 4.78 is 0.